The molecule has 1 heterocycles. The van der Waals surface area contributed by atoms with Crippen LogP contribution in [-0.4, -0.2) is 16.7 Å². The van der Waals surface area contributed by atoms with E-state index >= 15 is 0 Å². The van der Waals surface area contributed by atoms with Crippen molar-refractivity contribution in [2.45, 2.75) is 0 Å². The first kappa shape index (κ1) is 12.4. The zero-order chi connectivity index (χ0) is 13.0. The van der Waals surface area contributed by atoms with Crippen LogP contribution in [0.3, 0.4) is 0 Å². The standard InChI is InChI=1S/C13H10BrN3O/c14-11-6-10(7-16-8-11)13(18)17-12(15)9-4-2-1-3-5-9/h1-8H,(H2,15,17,18). The molecule has 2 aromatic rings. The van der Waals surface area contributed by atoms with Gasteiger partial charge < -0.3 is 5.32 Å². The molecule has 0 atom stereocenters. The van der Waals surface area contributed by atoms with Crippen LogP contribution in [0, 0.1) is 5.41 Å². The highest BCUT2D eigenvalue weighted by molar-refractivity contribution is 9.10. The van der Waals surface area contributed by atoms with Crippen LogP contribution in [0.5, 0.6) is 0 Å². The van der Waals surface area contributed by atoms with Crippen LogP contribution in [-0.2, 0) is 0 Å². The monoisotopic (exact) mass is 303 g/mol. The Bertz CT molecular complexity index is 584. The summed E-state index contributed by atoms with van der Waals surface area (Å²) in [5.74, 6) is -0.279. The quantitative estimate of drug-likeness (QED) is 0.661. The summed E-state index contributed by atoms with van der Waals surface area (Å²) in [5.41, 5.74) is 1.07. The summed E-state index contributed by atoms with van der Waals surface area (Å²) in [6, 6.07) is 10.7. The lowest BCUT2D eigenvalue weighted by Gasteiger charge is -2.06. The Kier molecular flexibility index (Phi) is 3.84. The van der Waals surface area contributed by atoms with Crippen molar-refractivity contribution >= 4 is 27.7 Å². The highest BCUT2D eigenvalue weighted by Crippen LogP contribution is 2.09. The molecular weight excluding hydrogens is 294 g/mol. The molecular formula is C13H10BrN3O. The number of rotatable bonds is 2. The first-order valence-corrected chi connectivity index (χ1v) is 6.02. The number of amidine groups is 1. The maximum absolute atomic E-state index is 11.9. The highest BCUT2D eigenvalue weighted by Gasteiger charge is 2.09. The van der Waals surface area contributed by atoms with Crippen LogP contribution in [0.25, 0.3) is 0 Å². The largest absolute Gasteiger partial charge is 0.306 e. The van der Waals surface area contributed by atoms with Gasteiger partial charge in [0.15, 0.2) is 0 Å². The van der Waals surface area contributed by atoms with E-state index in [-0.39, 0.29) is 11.7 Å². The molecule has 0 unspecified atom stereocenters. The number of benzene rings is 1. The normalized spacial score (nSPS) is 9.83. The maximum Gasteiger partial charge on any atom is 0.258 e. The van der Waals surface area contributed by atoms with Gasteiger partial charge in [-0.3, -0.25) is 15.2 Å². The lowest BCUT2D eigenvalue weighted by Crippen LogP contribution is -2.30. The Balaban J connectivity index is 2.11. The third kappa shape index (κ3) is 3.01. The SMILES string of the molecule is N=C(NC(=O)c1cncc(Br)c1)c1ccccc1. The van der Waals surface area contributed by atoms with Gasteiger partial charge in [-0.2, -0.15) is 0 Å². The number of nitrogens with one attached hydrogen (secondary N) is 2. The van der Waals surface area contributed by atoms with Gasteiger partial charge in [-0.1, -0.05) is 30.3 Å². The van der Waals surface area contributed by atoms with Crippen LogP contribution < -0.4 is 5.32 Å². The Morgan fingerprint density at radius 1 is 1.17 bits per heavy atom. The second-order valence-corrected chi connectivity index (χ2v) is 4.50. The Morgan fingerprint density at radius 2 is 1.89 bits per heavy atom. The molecule has 0 spiro atoms. The predicted molar refractivity (Wildman–Crippen MR) is 72.7 cm³/mol. The van der Waals surface area contributed by atoms with Gasteiger partial charge in [-0.25, -0.2) is 0 Å². The third-order valence-corrected chi connectivity index (χ3v) is 2.70. The number of hydrogen-bond donors (Lipinski definition) is 2. The number of aromatic nitrogens is 1. The molecule has 2 N–H and O–H groups in total. The second kappa shape index (κ2) is 5.55. The zero-order valence-electron chi connectivity index (χ0n) is 9.35. The van der Waals surface area contributed by atoms with Crippen LogP contribution in [0.4, 0.5) is 0 Å². The van der Waals surface area contributed by atoms with Crippen LogP contribution in [0.1, 0.15) is 15.9 Å². The summed E-state index contributed by atoms with van der Waals surface area (Å²) in [6.07, 6.45) is 3.05. The average Bonchev–Trinajstić information content (AvgIpc) is 2.39. The van der Waals surface area contributed by atoms with E-state index < -0.39 is 0 Å². The molecule has 0 aliphatic heterocycles. The Hall–Kier alpha value is -2.01. The lowest BCUT2D eigenvalue weighted by molar-refractivity contribution is 0.0976. The minimum absolute atomic E-state index is 0.0700. The van der Waals surface area contributed by atoms with E-state index in [2.05, 4.69) is 26.2 Å². The van der Waals surface area contributed by atoms with Crippen molar-refractivity contribution in [1.29, 1.82) is 5.41 Å². The number of amides is 1. The molecule has 18 heavy (non-hydrogen) atoms. The van der Waals surface area contributed by atoms with Crippen molar-refractivity contribution in [1.82, 2.24) is 10.3 Å². The third-order valence-electron chi connectivity index (χ3n) is 2.27. The molecule has 0 aliphatic rings. The van der Waals surface area contributed by atoms with E-state index in [1.54, 1.807) is 24.4 Å². The summed E-state index contributed by atoms with van der Waals surface area (Å²) < 4.78 is 0.724. The second-order valence-electron chi connectivity index (χ2n) is 3.59. The number of carbonyl (C=O) groups is 1. The van der Waals surface area contributed by atoms with Gasteiger partial charge in [-0.05, 0) is 22.0 Å². The minimum Gasteiger partial charge on any atom is -0.306 e. The van der Waals surface area contributed by atoms with Crippen molar-refractivity contribution < 1.29 is 4.79 Å². The lowest BCUT2D eigenvalue weighted by atomic mass is 10.2. The molecule has 0 fully saturated rings. The molecule has 1 amide bonds. The molecule has 1 aromatic heterocycles. The van der Waals surface area contributed by atoms with Crippen molar-refractivity contribution in [3.63, 3.8) is 0 Å². The number of pyridine rings is 1. The highest BCUT2D eigenvalue weighted by atomic mass is 79.9. The van der Waals surface area contributed by atoms with E-state index in [4.69, 9.17) is 5.41 Å². The summed E-state index contributed by atoms with van der Waals surface area (Å²) >= 11 is 3.25. The van der Waals surface area contributed by atoms with Gasteiger partial charge in [0, 0.05) is 22.4 Å². The number of hydrogen-bond acceptors (Lipinski definition) is 3. The topological polar surface area (TPSA) is 65.8 Å². The first-order chi connectivity index (χ1) is 8.66. The van der Waals surface area contributed by atoms with Crippen molar-refractivity contribution in [2.75, 3.05) is 0 Å². The van der Waals surface area contributed by atoms with E-state index in [1.807, 2.05) is 18.2 Å². The molecule has 5 heteroatoms. The van der Waals surface area contributed by atoms with Gasteiger partial charge in [-0.15, -0.1) is 0 Å². The van der Waals surface area contributed by atoms with E-state index in [0.717, 1.165) is 4.47 Å². The predicted octanol–water partition coefficient (Wildman–Crippen LogP) is 2.60. The smallest absolute Gasteiger partial charge is 0.258 e. The fraction of sp³-hybridized carbons (Fsp3) is 0. The van der Waals surface area contributed by atoms with Crippen molar-refractivity contribution in [3.05, 3.63) is 64.4 Å². The zero-order valence-corrected chi connectivity index (χ0v) is 10.9. The molecule has 90 valence electrons. The molecule has 2 rings (SSSR count). The van der Waals surface area contributed by atoms with Gasteiger partial charge in [0.25, 0.3) is 5.91 Å². The molecule has 0 saturated heterocycles. The fourth-order valence-corrected chi connectivity index (χ4v) is 1.76. The van der Waals surface area contributed by atoms with Crippen molar-refractivity contribution in [2.24, 2.45) is 0 Å². The van der Waals surface area contributed by atoms with Crippen LogP contribution in [0.2, 0.25) is 0 Å². The van der Waals surface area contributed by atoms with Crippen molar-refractivity contribution in [3.8, 4) is 0 Å². The molecule has 4 nitrogen and oxygen atoms in total. The fourth-order valence-electron chi connectivity index (χ4n) is 1.40. The number of nitrogens with zero attached hydrogens (tertiary/aromatic N) is 1. The summed E-state index contributed by atoms with van der Waals surface area (Å²) in [4.78, 5) is 15.8. The summed E-state index contributed by atoms with van der Waals surface area (Å²) in [6.45, 7) is 0. The Labute approximate surface area is 113 Å². The first-order valence-electron chi connectivity index (χ1n) is 5.22. The van der Waals surface area contributed by atoms with E-state index in [9.17, 15) is 4.79 Å². The average molecular weight is 304 g/mol. The van der Waals surface area contributed by atoms with Crippen LogP contribution in [0.15, 0.2) is 53.3 Å². The molecule has 0 aliphatic carbocycles. The van der Waals surface area contributed by atoms with E-state index in [1.165, 1.54) is 6.20 Å². The molecule has 0 radical (unpaired) electrons. The van der Waals surface area contributed by atoms with Gasteiger partial charge in [0.1, 0.15) is 5.84 Å². The van der Waals surface area contributed by atoms with Gasteiger partial charge >= 0.3 is 0 Å². The van der Waals surface area contributed by atoms with Crippen LogP contribution >= 0.6 is 15.9 Å². The molecule has 0 saturated carbocycles. The molecule has 0 bridgehead atoms. The number of halogens is 1. The maximum atomic E-state index is 11.9. The Morgan fingerprint density at radius 3 is 2.56 bits per heavy atom. The summed E-state index contributed by atoms with van der Waals surface area (Å²) in [7, 11) is 0. The van der Waals surface area contributed by atoms with E-state index in [0.29, 0.717) is 11.1 Å². The minimum atomic E-state index is -0.349. The molecule has 1 aromatic carbocycles. The number of carbonyl (C=O) groups excluding carboxylic acids is 1. The summed E-state index contributed by atoms with van der Waals surface area (Å²) in [5, 5.41) is 10.3. The van der Waals surface area contributed by atoms with Gasteiger partial charge in [0.2, 0.25) is 0 Å². The van der Waals surface area contributed by atoms with Gasteiger partial charge in [0.05, 0.1) is 5.56 Å².